The molecule has 4 rings (SSSR count). The predicted octanol–water partition coefficient (Wildman–Crippen LogP) is 3.31. The smallest absolute Gasteiger partial charge is 0.228 e. The first-order valence-corrected chi connectivity index (χ1v) is 9.69. The van der Waals surface area contributed by atoms with Crippen LogP contribution in [0.15, 0.2) is 73.1 Å². The fraction of sp³-hybridized carbons (Fsp3) is 0.208. The molecule has 1 amide bonds. The molecule has 6 heteroatoms. The number of benzene rings is 2. The lowest BCUT2D eigenvalue weighted by atomic mass is 9.73. The fourth-order valence-corrected chi connectivity index (χ4v) is 4.17. The second-order valence-corrected chi connectivity index (χ2v) is 7.28. The maximum Gasteiger partial charge on any atom is 0.228 e. The molecule has 0 unspecified atom stereocenters. The van der Waals surface area contributed by atoms with Crippen LogP contribution in [-0.4, -0.2) is 39.6 Å². The van der Waals surface area contributed by atoms with E-state index in [4.69, 9.17) is 0 Å². The van der Waals surface area contributed by atoms with E-state index in [0.717, 1.165) is 22.3 Å². The first kappa shape index (κ1) is 19.7. The average Bonchev–Trinajstić information content (AvgIpc) is 2.75. The highest BCUT2D eigenvalue weighted by Gasteiger charge is 2.52. The Morgan fingerprint density at radius 2 is 1.80 bits per heavy atom. The van der Waals surface area contributed by atoms with E-state index in [-0.39, 0.29) is 30.7 Å². The largest absolute Gasteiger partial charge is 0.394 e. The lowest BCUT2D eigenvalue weighted by molar-refractivity contribution is -0.146. The molecule has 2 aromatic carbocycles. The third-order valence-corrected chi connectivity index (χ3v) is 5.60. The Bertz CT molecular complexity index is 1080. The van der Waals surface area contributed by atoms with E-state index < -0.39 is 12.1 Å². The van der Waals surface area contributed by atoms with Gasteiger partial charge in [-0.3, -0.25) is 9.78 Å². The summed E-state index contributed by atoms with van der Waals surface area (Å²) >= 11 is 0. The van der Waals surface area contributed by atoms with Gasteiger partial charge in [0.1, 0.15) is 11.9 Å². The van der Waals surface area contributed by atoms with Crippen molar-refractivity contribution in [1.82, 2.24) is 9.88 Å². The van der Waals surface area contributed by atoms with Gasteiger partial charge >= 0.3 is 0 Å². The van der Waals surface area contributed by atoms with Crippen molar-refractivity contribution in [2.75, 3.05) is 6.61 Å². The summed E-state index contributed by atoms with van der Waals surface area (Å²) in [7, 11) is 0. The number of aromatic nitrogens is 1. The zero-order chi connectivity index (χ0) is 21.1. The monoisotopic (exact) mass is 401 g/mol. The third kappa shape index (κ3) is 3.56. The Morgan fingerprint density at radius 1 is 1.10 bits per heavy atom. The summed E-state index contributed by atoms with van der Waals surface area (Å²) < 4.78 is 13.4. The fourth-order valence-electron chi connectivity index (χ4n) is 4.17. The molecule has 3 aromatic rings. The Morgan fingerprint density at radius 3 is 2.47 bits per heavy atom. The first-order valence-electron chi connectivity index (χ1n) is 9.69. The number of nitriles is 1. The molecule has 1 N–H and O–H groups in total. The van der Waals surface area contributed by atoms with Gasteiger partial charge in [0.2, 0.25) is 5.91 Å². The Hall–Kier alpha value is -3.56. The summed E-state index contributed by atoms with van der Waals surface area (Å²) in [6.07, 6.45) is 3.38. The average molecular weight is 401 g/mol. The highest BCUT2D eigenvalue weighted by Crippen LogP contribution is 2.44. The molecule has 0 radical (unpaired) electrons. The second kappa shape index (κ2) is 8.44. The van der Waals surface area contributed by atoms with Crippen LogP contribution in [0.3, 0.4) is 0 Å². The van der Waals surface area contributed by atoms with E-state index in [2.05, 4.69) is 11.1 Å². The number of aliphatic hydroxyl groups is 1. The topological polar surface area (TPSA) is 77.2 Å². The molecule has 0 aliphatic carbocycles. The van der Waals surface area contributed by atoms with Gasteiger partial charge in [0.05, 0.1) is 25.1 Å². The summed E-state index contributed by atoms with van der Waals surface area (Å²) in [5.74, 6) is -0.860. The molecule has 1 aliphatic heterocycles. The van der Waals surface area contributed by atoms with Crippen molar-refractivity contribution in [3.8, 4) is 17.2 Å². The minimum atomic E-state index is -0.682. The van der Waals surface area contributed by atoms with Crippen LogP contribution >= 0.6 is 0 Å². The van der Waals surface area contributed by atoms with E-state index >= 15 is 0 Å². The summed E-state index contributed by atoms with van der Waals surface area (Å²) in [5.41, 5.74) is 3.35. The van der Waals surface area contributed by atoms with E-state index in [1.54, 1.807) is 36.7 Å². The molecule has 30 heavy (non-hydrogen) atoms. The number of hydrogen-bond donors (Lipinski definition) is 1. The molecule has 5 nitrogen and oxygen atoms in total. The van der Waals surface area contributed by atoms with Crippen molar-refractivity contribution in [1.29, 1.82) is 5.26 Å². The van der Waals surface area contributed by atoms with Crippen LogP contribution in [0.1, 0.15) is 17.0 Å². The quantitative estimate of drug-likeness (QED) is 0.712. The number of likely N-dealkylation sites (tertiary alicyclic amines) is 1. The summed E-state index contributed by atoms with van der Waals surface area (Å²) in [4.78, 5) is 18.3. The summed E-state index contributed by atoms with van der Waals surface area (Å²) in [5, 5.41) is 19.9. The van der Waals surface area contributed by atoms with Gasteiger partial charge < -0.3 is 10.0 Å². The normalized spacial score (nSPS) is 20.3. The summed E-state index contributed by atoms with van der Waals surface area (Å²) in [6, 6.07) is 18.3. The Balaban J connectivity index is 1.65. The zero-order valence-corrected chi connectivity index (χ0v) is 16.1. The van der Waals surface area contributed by atoms with E-state index in [1.807, 2.05) is 24.3 Å². The number of carbonyl (C=O) groups excluding carboxylic acids is 1. The van der Waals surface area contributed by atoms with Gasteiger partial charge in [0, 0.05) is 18.3 Å². The van der Waals surface area contributed by atoms with Gasteiger partial charge in [-0.05, 0) is 46.5 Å². The van der Waals surface area contributed by atoms with E-state index in [0.29, 0.717) is 0 Å². The van der Waals surface area contributed by atoms with Gasteiger partial charge in [0.15, 0.2) is 0 Å². The maximum absolute atomic E-state index is 13.4. The van der Waals surface area contributed by atoms with Crippen LogP contribution in [-0.2, 0) is 11.2 Å². The van der Waals surface area contributed by atoms with Crippen LogP contribution < -0.4 is 0 Å². The number of amides is 1. The predicted molar refractivity (Wildman–Crippen MR) is 110 cm³/mol. The number of hydrogen-bond acceptors (Lipinski definition) is 4. The minimum absolute atomic E-state index is 0.142. The Labute approximate surface area is 174 Å². The van der Waals surface area contributed by atoms with Crippen molar-refractivity contribution < 1.29 is 14.3 Å². The lowest BCUT2D eigenvalue weighted by Gasteiger charge is -2.52. The molecule has 0 spiro atoms. The maximum atomic E-state index is 13.4. The number of rotatable bonds is 5. The third-order valence-electron chi connectivity index (χ3n) is 5.60. The number of nitrogens with zero attached hydrogens (tertiary/aromatic N) is 3. The van der Waals surface area contributed by atoms with Crippen LogP contribution in [0.4, 0.5) is 4.39 Å². The van der Waals surface area contributed by atoms with Crippen molar-refractivity contribution in [2.24, 2.45) is 0 Å². The van der Waals surface area contributed by atoms with Gasteiger partial charge in [-0.1, -0.05) is 36.4 Å². The Kier molecular flexibility index (Phi) is 5.55. The molecule has 3 atom stereocenters. The SMILES string of the molecule is N#C[C@H]1[C@@H](c2ccccc2-c2ccc(F)cc2)[C@@H](CO)N1C(=O)Cc1ccncc1. The molecule has 1 fully saturated rings. The molecule has 1 aromatic heterocycles. The number of carbonyl (C=O) groups is 1. The summed E-state index contributed by atoms with van der Waals surface area (Å²) in [6.45, 7) is -0.247. The molecule has 2 heterocycles. The standard InChI is InChI=1S/C24H20FN3O2/c25-18-7-5-17(6-8-18)19-3-1-2-4-20(19)24-21(14-26)28(22(24)15-29)23(30)13-16-9-11-27-12-10-16/h1-12,21-22,24,29H,13,15H2/t21-,22+,24+/m0/s1. The number of halogens is 1. The first-order chi connectivity index (χ1) is 14.6. The lowest BCUT2D eigenvalue weighted by Crippen LogP contribution is -2.65. The molecular weight excluding hydrogens is 381 g/mol. The van der Waals surface area contributed by atoms with Crippen molar-refractivity contribution >= 4 is 5.91 Å². The number of aliphatic hydroxyl groups excluding tert-OH is 1. The van der Waals surface area contributed by atoms with E-state index in [9.17, 15) is 19.6 Å². The molecule has 1 saturated heterocycles. The van der Waals surface area contributed by atoms with E-state index in [1.165, 1.54) is 17.0 Å². The van der Waals surface area contributed by atoms with Gasteiger partial charge in [-0.15, -0.1) is 0 Å². The second-order valence-electron chi connectivity index (χ2n) is 7.28. The van der Waals surface area contributed by atoms with Crippen LogP contribution in [0.5, 0.6) is 0 Å². The van der Waals surface area contributed by atoms with Gasteiger partial charge in [-0.2, -0.15) is 5.26 Å². The van der Waals surface area contributed by atoms with Crippen molar-refractivity contribution in [3.63, 3.8) is 0 Å². The molecule has 1 aliphatic rings. The molecular formula is C24H20FN3O2. The van der Waals surface area contributed by atoms with Gasteiger partial charge in [-0.25, -0.2) is 4.39 Å². The molecule has 150 valence electrons. The van der Waals surface area contributed by atoms with Crippen LogP contribution in [0.2, 0.25) is 0 Å². The zero-order valence-electron chi connectivity index (χ0n) is 16.1. The van der Waals surface area contributed by atoms with Crippen molar-refractivity contribution in [2.45, 2.75) is 24.4 Å². The van der Waals surface area contributed by atoms with Crippen molar-refractivity contribution in [3.05, 3.63) is 90.0 Å². The van der Waals surface area contributed by atoms with Crippen LogP contribution in [0.25, 0.3) is 11.1 Å². The highest BCUT2D eigenvalue weighted by molar-refractivity contribution is 5.82. The van der Waals surface area contributed by atoms with Gasteiger partial charge in [0.25, 0.3) is 0 Å². The van der Waals surface area contributed by atoms with Crippen LogP contribution in [0, 0.1) is 17.1 Å². The highest BCUT2D eigenvalue weighted by atomic mass is 19.1. The molecule has 0 saturated carbocycles. The molecule has 0 bridgehead atoms. The number of pyridine rings is 1. The minimum Gasteiger partial charge on any atom is -0.394 e.